The molecular formula is C30H22F9NO3. The second kappa shape index (κ2) is 12.4. The largest absolute Gasteiger partial charge is 0.573 e. The summed E-state index contributed by atoms with van der Waals surface area (Å²) in [7, 11) is 0. The van der Waals surface area contributed by atoms with Gasteiger partial charge in [0.15, 0.2) is 0 Å². The summed E-state index contributed by atoms with van der Waals surface area (Å²) in [6, 6.07) is 23.4. The van der Waals surface area contributed by atoms with Crippen molar-refractivity contribution < 1.29 is 53.7 Å². The molecule has 0 radical (unpaired) electrons. The van der Waals surface area contributed by atoms with E-state index in [9.17, 15) is 39.5 Å². The van der Waals surface area contributed by atoms with Gasteiger partial charge in [-0.15, -0.1) is 39.5 Å². The van der Waals surface area contributed by atoms with E-state index in [0.29, 0.717) is 11.3 Å². The maximum Gasteiger partial charge on any atom is 0.573 e. The Hall–Kier alpha value is -4.55. The Morgan fingerprint density at radius 3 is 1.42 bits per heavy atom. The van der Waals surface area contributed by atoms with Gasteiger partial charge in [0.2, 0.25) is 0 Å². The number of benzene rings is 4. The van der Waals surface area contributed by atoms with Crippen LogP contribution in [0.25, 0.3) is 0 Å². The molecule has 0 unspecified atom stereocenters. The third-order valence-electron chi connectivity index (χ3n) is 6.27. The zero-order chi connectivity index (χ0) is 31.3. The minimum absolute atomic E-state index is 0.0705. The molecule has 0 aromatic heterocycles. The molecule has 4 rings (SSSR count). The lowest BCUT2D eigenvalue weighted by atomic mass is 9.70. The summed E-state index contributed by atoms with van der Waals surface area (Å²) in [4.78, 5) is 0. The molecule has 0 bridgehead atoms. The van der Waals surface area contributed by atoms with E-state index in [-0.39, 0.29) is 24.1 Å². The second-order valence-corrected chi connectivity index (χ2v) is 9.32. The molecule has 0 amide bonds. The summed E-state index contributed by atoms with van der Waals surface area (Å²) in [6.07, 6.45) is -14.9. The normalized spacial score (nSPS) is 12.5. The average molecular weight is 615 g/mol. The summed E-state index contributed by atoms with van der Waals surface area (Å²) in [5.41, 5.74) is 0.108. The van der Waals surface area contributed by atoms with Crippen LogP contribution in [0.5, 0.6) is 17.2 Å². The van der Waals surface area contributed by atoms with Gasteiger partial charge in [-0.25, -0.2) is 0 Å². The van der Waals surface area contributed by atoms with Gasteiger partial charge >= 0.3 is 19.1 Å². The molecule has 43 heavy (non-hydrogen) atoms. The lowest BCUT2D eigenvalue weighted by Crippen LogP contribution is -2.38. The van der Waals surface area contributed by atoms with Crippen molar-refractivity contribution in [3.63, 3.8) is 0 Å². The van der Waals surface area contributed by atoms with Gasteiger partial charge in [-0.2, -0.15) is 0 Å². The highest BCUT2D eigenvalue weighted by Crippen LogP contribution is 2.40. The third-order valence-corrected chi connectivity index (χ3v) is 6.27. The molecule has 228 valence electrons. The molecule has 0 saturated carbocycles. The quantitative estimate of drug-likeness (QED) is 0.181. The highest BCUT2D eigenvalue weighted by atomic mass is 19.4. The number of nitrogens with one attached hydrogen (secondary N) is 1. The predicted octanol–water partition coefficient (Wildman–Crippen LogP) is 9.02. The van der Waals surface area contributed by atoms with Gasteiger partial charge in [0.1, 0.15) is 17.2 Å². The van der Waals surface area contributed by atoms with Gasteiger partial charge in [0, 0.05) is 17.6 Å². The van der Waals surface area contributed by atoms with Crippen molar-refractivity contribution in [3.8, 4) is 17.2 Å². The minimum Gasteiger partial charge on any atom is -0.406 e. The van der Waals surface area contributed by atoms with Crippen molar-refractivity contribution in [3.05, 3.63) is 120 Å². The topological polar surface area (TPSA) is 39.7 Å². The van der Waals surface area contributed by atoms with Crippen molar-refractivity contribution >= 4 is 5.69 Å². The van der Waals surface area contributed by atoms with Gasteiger partial charge in [0.25, 0.3) is 0 Å². The molecule has 13 heteroatoms. The summed E-state index contributed by atoms with van der Waals surface area (Å²) in [5.74, 6) is -1.60. The summed E-state index contributed by atoms with van der Waals surface area (Å²) < 4.78 is 129. The average Bonchev–Trinajstić information content (AvgIpc) is 2.90. The van der Waals surface area contributed by atoms with Crippen LogP contribution in [0.2, 0.25) is 0 Å². The van der Waals surface area contributed by atoms with Gasteiger partial charge in [0.05, 0.1) is 0 Å². The Labute approximate surface area is 239 Å². The molecule has 4 nitrogen and oxygen atoms in total. The van der Waals surface area contributed by atoms with E-state index in [1.54, 1.807) is 30.3 Å². The second-order valence-electron chi connectivity index (χ2n) is 9.32. The molecular weight excluding hydrogens is 593 g/mol. The van der Waals surface area contributed by atoms with Crippen LogP contribution in [-0.2, 0) is 11.8 Å². The van der Waals surface area contributed by atoms with Crippen molar-refractivity contribution in [1.29, 1.82) is 0 Å². The van der Waals surface area contributed by atoms with Crippen LogP contribution in [0.15, 0.2) is 103 Å². The summed E-state index contributed by atoms with van der Waals surface area (Å²) in [6.45, 7) is -0.133. The Balaban J connectivity index is 1.84. The number of anilines is 1. The zero-order valence-electron chi connectivity index (χ0n) is 21.9. The maximum atomic E-state index is 13.1. The van der Waals surface area contributed by atoms with Gasteiger partial charge in [-0.3, -0.25) is 0 Å². The summed E-state index contributed by atoms with van der Waals surface area (Å²) in [5, 5.41) is 3.07. The van der Waals surface area contributed by atoms with E-state index < -0.39 is 41.8 Å². The fourth-order valence-corrected chi connectivity index (χ4v) is 4.59. The standard InChI is InChI=1S/C30H22F9NO3/c31-28(32,33)41-24-14-12-23(13-15-24)40-19-27(18-20-6-2-1-3-7-20,21-8-4-10-25(16-21)42-29(34,35)36)22-9-5-11-26(17-22)43-30(37,38)39/h1-17,40H,18-19H2. The Bertz CT molecular complexity index is 1430. The highest BCUT2D eigenvalue weighted by Gasteiger charge is 2.38. The number of hydrogen-bond acceptors (Lipinski definition) is 4. The Kier molecular flexibility index (Phi) is 9.02. The van der Waals surface area contributed by atoms with Crippen molar-refractivity contribution in [2.24, 2.45) is 0 Å². The number of ether oxygens (including phenoxy) is 3. The molecule has 0 spiro atoms. The molecule has 4 aromatic rings. The maximum absolute atomic E-state index is 13.1. The van der Waals surface area contributed by atoms with Gasteiger partial charge in [-0.1, -0.05) is 54.6 Å². The lowest BCUT2D eigenvalue weighted by Gasteiger charge is -2.36. The van der Waals surface area contributed by atoms with E-state index in [1.165, 1.54) is 36.4 Å². The van der Waals surface area contributed by atoms with Crippen molar-refractivity contribution in [2.45, 2.75) is 30.9 Å². The number of hydrogen-bond donors (Lipinski definition) is 1. The molecule has 0 atom stereocenters. The lowest BCUT2D eigenvalue weighted by molar-refractivity contribution is -0.275. The first-order chi connectivity index (χ1) is 20.1. The van der Waals surface area contributed by atoms with Crippen molar-refractivity contribution in [2.75, 3.05) is 11.9 Å². The summed E-state index contributed by atoms with van der Waals surface area (Å²) >= 11 is 0. The third kappa shape index (κ3) is 9.22. The molecule has 4 aromatic carbocycles. The molecule has 0 saturated heterocycles. The van der Waals surface area contributed by atoms with Crippen LogP contribution in [0, 0.1) is 0 Å². The van der Waals surface area contributed by atoms with Crippen LogP contribution in [0.4, 0.5) is 45.2 Å². The SMILES string of the molecule is FC(F)(F)Oc1ccc(NCC(Cc2ccccc2)(c2cccc(OC(F)(F)F)c2)c2cccc(OC(F)(F)F)c2)cc1. The first-order valence-corrected chi connectivity index (χ1v) is 12.5. The number of alkyl halides is 9. The Morgan fingerprint density at radius 1 is 0.488 bits per heavy atom. The fraction of sp³-hybridized carbons (Fsp3) is 0.200. The van der Waals surface area contributed by atoms with Gasteiger partial charge in [-0.05, 0) is 71.6 Å². The van der Waals surface area contributed by atoms with Crippen LogP contribution in [0.1, 0.15) is 16.7 Å². The first kappa shape index (κ1) is 31.4. The smallest absolute Gasteiger partial charge is 0.406 e. The molecule has 0 aliphatic rings. The van der Waals surface area contributed by atoms with Crippen molar-refractivity contribution in [1.82, 2.24) is 0 Å². The molecule has 0 aliphatic carbocycles. The molecule has 0 fully saturated rings. The van der Waals surface area contributed by atoms with Crippen LogP contribution in [0.3, 0.4) is 0 Å². The minimum atomic E-state index is -5.01. The Morgan fingerprint density at radius 2 is 0.953 bits per heavy atom. The number of rotatable bonds is 10. The number of halogens is 9. The van der Waals surface area contributed by atoms with E-state index in [4.69, 9.17) is 0 Å². The predicted molar refractivity (Wildman–Crippen MR) is 139 cm³/mol. The van der Waals surface area contributed by atoms with E-state index in [2.05, 4.69) is 19.5 Å². The fourth-order valence-electron chi connectivity index (χ4n) is 4.59. The van der Waals surface area contributed by atoms with E-state index in [0.717, 1.165) is 36.4 Å². The van der Waals surface area contributed by atoms with E-state index >= 15 is 0 Å². The zero-order valence-corrected chi connectivity index (χ0v) is 21.9. The highest BCUT2D eigenvalue weighted by molar-refractivity contribution is 5.52. The molecule has 0 heterocycles. The van der Waals surface area contributed by atoms with Crippen LogP contribution >= 0.6 is 0 Å². The first-order valence-electron chi connectivity index (χ1n) is 12.5. The van der Waals surface area contributed by atoms with E-state index in [1.807, 2.05) is 0 Å². The molecule has 0 aliphatic heterocycles. The monoisotopic (exact) mass is 615 g/mol. The van der Waals surface area contributed by atoms with Gasteiger partial charge < -0.3 is 19.5 Å². The molecule has 1 N–H and O–H groups in total. The van der Waals surface area contributed by atoms with Crippen LogP contribution < -0.4 is 19.5 Å². The van der Waals surface area contributed by atoms with Crippen LogP contribution in [-0.4, -0.2) is 25.6 Å².